The van der Waals surface area contributed by atoms with Crippen LogP contribution in [-0.4, -0.2) is 37.4 Å². The van der Waals surface area contributed by atoms with Crippen molar-refractivity contribution in [2.75, 3.05) is 14.2 Å². The highest BCUT2D eigenvalue weighted by molar-refractivity contribution is 5.76. The quantitative estimate of drug-likeness (QED) is 0.257. The van der Waals surface area contributed by atoms with Crippen LogP contribution in [0.4, 0.5) is 0 Å². The number of aliphatic carboxylic acids is 1. The monoisotopic (exact) mass is 602 g/mol. The van der Waals surface area contributed by atoms with E-state index in [-0.39, 0.29) is 28.3 Å². The third-order valence-electron chi connectivity index (χ3n) is 13.2. The number of ether oxygens (including phenoxy) is 2. The van der Waals surface area contributed by atoms with Crippen LogP contribution in [-0.2, 0) is 19.1 Å². The predicted octanol–water partition coefficient (Wildman–Crippen LogP) is 9.59. The summed E-state index contributed by atoms with van der Waals surface area (Å²) in [5, 5.41) is 10.4. The number of esters is 1. The molecule has 0 heterocycles. The van der Waals surface area contributed by atoms with E-state index in [0.717, 1.165) is 38.5 Å². The molecule has 0 saturated heterocycles. The Balaban J connectivity index is 0.000000780. The Bertz CT molecular complexity index is 995. The molecule has 0 aromatic heterocycles. The van der Waals surface area contributed by atoms with Crippen LogP contribution in [0.25, 0.3) is 0 Å². The minimum atomic E-state index is -0.510. The minimum Gasteiger partial charge on any atom is -0.481 e. The first-order valence-corrected chi connectivity index (χ1v) is 17.3. The van der Waals surface area contributed by atoms with Gasteiger partial charge in [-0.25, -0.2) is 0 Å². The molecule has 0 aliphatic heterocycles. The summed E-state index contributed by atoms with van der Waals surface area (Å²) in [7, 11) is 3.25. The van der Waals surface area contributed by atoms with Gasteiger partial charge in [0.2, 0.25) is 0 Å². The first-order chi connectivity index (χ1) is 19.9. The average Bonchev–Trinajstić information content (AvgIpc) is 3.24. The molecule has 0 bridgehead atoms. The summed E-state index contributed by atoms with van der Waals surface area (Å²) in [4.78, 5) is 25.4. The van der Waals surface area contributed by atoms with Gasteiger partial charge in [0.25, 0.3) is 0 Å². The standard InChI is InChI=1S/C33H54O4.C3H6.C2H6O/c1-20-11-17-33(28(35)36)18-12-22-21(27(20)33)9-10-24-31(22,7)15-13-23-30(5,6)25(14-16-32(23,24)8)37-26(34)19-29(2,3)4;2*1-3-2/h20-25,27H,9-19H2,1-8H3,(H,35,36);3H,1H2,2H3;1-2H3. The van der Waals surface area contributed by atoms with Gasteiger partial charge in [0, 0.05) is 19.6 Å². The van der Waals surface area contributed by atoms with E-state index in [2.05, 4.69) is 66.7 Å². The average molecular weight is 603 g/mol. The Morgan fingerprint density at radius 1 is 0.884 bits per heavy atom. The first kappa shape index (κ1) is 36.1. The van der Waals surface area contributed by atoms with Crippen molar-refractivity contribution in [2.45, 2.75) is 139 Å². The second kappa shape index (κ2) is 13.2. The molecule has 1 N–H and O–H groups in total. The van der Waals surface area contributed by atoms with Crippen molar-refractivity contribution in [1.82, 2.24) is 0 Å². The van der Waals surface area contributed by atoms with E-state index in [9.17, 15) is 14.7 Å². The topological polar surface area (TPSA) is 72.8 Å². The molecule has 5 heteroatoms. The zero-order valence-corrected chi connectivity index (χ0v) is 29.7. The van der Waals surface area contributed by atoms with Crippen LogP contribution >= 0.6 is 0 Å². The molecule has 5 nitrogen and oxygen atoms in total. The fourth-order valence-corrected chi connectivity index (χ4v) is 11.8. The number of fused-ring (bicyclic) bond motifs is 7. The van der Waals surface area contributed by atoms with Crippen molar-refractivity contribution < 1.29 is 24.2 Å². The number of rotatable bonds is 3. The summed E-state index contributed by atoms with van der Waals surface area (Å²) in [6.45, 7) is 23.8. The number of hydrogen-bond donors (Lipinski definition) is 1. The molecule has 0 aromatic rings. The van der Waals surface area contributed by atoms with Crippen LogP contribution in [0.1, 0.15) is 133 Å². The maximum absolute atomic E-state index is 12.8. The van der Waals surface area contributed by atoms with Gasteiger partial charge in [-0.2, -0.15) is 0 Å². The molecule has 0 spiro atoms. The molecule has 43 heavy (non-hydrogen) atoms. The second-order valence-corrected chi connectivity index (χ2v) is 17.4. The summed E-state index contributed by atoms with van der Waals surface area (Å²) in [6.07, 6.45) is 13.2. The lowest BCUT2D eigenvalue weighted by Crippen LogP contribution is -2.64. The van der Waals surface area contributed by atoms with Crippen molar-refractivity contribution in [3.8, 4) is 0 Å². The lowest BCUT2D eigenvalue weighted by Gasteiger charge is -2.69. The third-order valence-corrected chi connectivity index (χ3v) is 13.2. The maximum Gasteiger partial charge on any atom is 0.309 e. The van der Waals surface area contributed by atoms with Gasteiger partial charge >= 0.3 is 11.9 Å². The van der Waals surface area contributed by atoms with E-state index in [1.807, 2.05) is 6.92 Å². The molecule has 248 valence electrons. The van der Waals surface area contributed by atoms with Crippen LogP contribution < -0.4 is 0 Å². The van der Waals surface area contributed by atoms with Gasteiger partial charge in [0.15, 0.2) is 0 Å². The lowest BCUT2D eigenvalue weighted by atomic mass is 9.36. The number of carboxylic acid groups (broad SMARTS) is 1. The van der Waals surface area contributed by atoms with Crippen LogP contribution in [0.3, 0.4) is 0 Å². The molecule has 10 atom stereocenters. The Morgan fingerprint density at radius 2 is 1.44 bits per heavy atom. The van der Waals surface area contributed by atoms with Crippen molar-refractivity contribution in [3.05, 3.63) is 12.7 Å². The summed E-state index contributed by atoms with van der Waals surface area (Å²) in [6, 6.07) is 0. The highest BCUT2D eigenvalue weighted by atomic mass is 16.5. The molecule has 10 unspecified atom stereocenters. The van der Waals surface area contributed by atoms with E-state index in [1.165, 1.54) is 25.7 Å². The SMILES string of the molecule is C=CC.CC1CCC2(C(=O)O)CCC3C(CCC4C3(C)CCC3C(C)(C)C(OC(=O)CC(C)(C)C)CCC34C)C12.COC. The Hall–Kier alpha value is -1.36. The molecular formula is C38H66O5. The van der Waals surface area contributed by atoms with E-state index in [0.29, 0.717) is 47.3 Å². The van der Waals surface area contributed by atoms with E-state index < -0.39 is 11.4 Å². The molecule has 0 radical (unpaired) electrons. The van der Waals surface area contributed by atoms with E-state index in [1.54, 1.807) is 20.3 Å². The summed E-state index contributed by atoms with van der Waals surface area (Å²) in [5.74, 6) is 2.82. The predicted molar refractivity (Wildman–Crippen MR) is 176 cm³/mol. The Labute approximate surface area is 264 Å². The number of carbonyl (C=O) groups excluding carboxylic acids is 1. The fraction of sp³-hybridized carbons (Fsp3) is 0.895. The van der Waals surface area contributed by atoms with Crippen molar-refractivity contribution in [3.63, 3.8) is 0 Å². The second-order valence-electron chi connectivity index (χ2n) is 17.4. The molecule has 5 fully saturated rings. The number of carbonyl (C=O) groups is 2. The zero-order chi connectivity index (χ0) is 32.6. The number of methoxy groups -OCH3 is 1. The molecule has 5 rings (SSSR count). The molecule has 0 amide bonds. The normalized spacial score (nSPS) is 42.6. The zero-order valence-electron chi connectivity index (χ0n) is 29.7. The third kappa shape index (κ3) is 6.50. The Morgan fingerprint density at radius 3 is 2.00 bits per heavy atom. The van der Waals surface area contributed by atoms with Crippen molar-refractivity contribution in [1.29, 1.82) is 0 Å². The molecule has 5 saturated carbocycles. The molecule has 5 aliphatic rings. The van der Waals surface area contributed by atoms with E-state index >= 15 is 0 Å². The van der Waals surface area contributed by atoms with Gasteiger partial charge in [-0.05, 0) is 123 Å². The highest BCUT2D eigenvalue weighted by Gasteiger charge is 2.68. The summed E-state index contributed by atoms with van der Waals surface area (Å²) in [5.41, 5.74) is 0.0281. The lowest BCUT2D eigenvalue weighted by molar-refractivity contribution is -0.224. The number of allylic oxidation sites excluding steroid dienone is 1. The van der Waals surface area contributed by atoms with Gasteiger partial charge in [-0.1, -0.05) is 61.5 Å². The minimum absolute atomic E-state index is 0.00585. The molecule has 0 aromatic carbocycles. The smallest absolute Gasteiger partial charge is 0.309 e. The van der Waals surface area contributed by atoms with Crippen LogP contribution in [0.2, 0.25) is 0 Å². The van der Waals surface area contributed by atoms with Crippen LogP contribution in [0.5, 0.6) is 0 Å². The van der Waals surface area contributed by atoms with Gasteiger partial charge < -0.3 is 14.6 Å². The van der Waals surface area contributed by atoms with Gasteiger partial charge in [0.05, 0.1) is 11.8 Å². The molecular weight excluding hydrogens is 536 g/mol. The van der Waals surface area contributed by atoms with Crippen molar-refractivity contribution >= 4 is 11.9 Å². The fourth-order valence-electron chi connectivity index (χ4n) is 11.8. The highest BCUT2D eigenvalue weighted by Crippen LogP contribution is 2.73. The summed E-state index contributed by atoms with van der Waals surface area (Å²) >= 11 is 0. The first-order valence-electron chi connectivity index (χ1n) is 17.3. The maximum atomic E-state index is 12.8. The van der Waals surface area contributed by atoms with Gasteiger partial charge in [-0.3, -0.25) is 9.59 Å². The van der Waals surface area contributed by atoms with Crippen LogP contribution in [0, 0.1) is 62.6 Å². The summed E-state index contributed by atoms with van der Waals surface area (Å²) < 4.78 is 10.5. The number of hydrogen-bond acceptors (Lipinski definition) is 4. The van der Waals surface area contributed by atoms with E-state index in [4.69, 9.17) is 4.74 Å². The van der Waals surface area contributed by atoms with Gasteiger partial charge in [-0.15, -0.1) is 6.58 Å². The molecule has 5 aliphatic carbocycles. The van der Waals surface area contributed by atoms with Gasteiger partial charge in [0.1, 0.15) is 6.10 Å². The Kier molecular flexibility index (Phi) is 11.1. The van der Waals surface area contributed by atoms with Crippen LogP contribution in [0.15, 0.2) is 12.7 Å². The number of carboxylic acids is 1. The van der Waals surface area contributed by atoms with Crippen molar-refractivity contribution in [2.24, 2.45) is 62.6 Å². The largest absolute Gasteiger partial charge is 0.481 e.